The van der Waals surface area contributed by atoms with Gasteiger partial charge in [-0.2, -0.15) is 29.9 Å². The van der Waals surface area contributed by atoms with Gasteiger partial charge in [0.15, 0.2) is 32.4 Å². The van der Waals surface area contributed by atoms with Gasteiger partial charge in [0.05, 0.1) is 58.6 Å². The maximum absolute atomic E-state index is 11.0. The Balaban J connectivity index is 0.000000357. The second kappa shape index (κ2) is 36.6. The number of hydrogen-bond acceptors (Lipinski definition) is 24. The number of ether oxygens (including phenoxy) is 6. The van der Waals surface area contributed by atoms with Crippen molar-refractivity contribution in [2.24, 2.45) is 17.8 Å². The Morgan fingerprint density at radius 2 is 0.922 bits per heavy atom. The molecule has 0 bridgehead atoms. The summed E-state index contributed by atoms with van der Waals surface area (Å²) in [6.45, 7) is 12.4. The molecule has 0 aromatic carbocycles. The van der Waals surface area contributed by atoms with Crippen molar-refractivity contribution in [2.45, 2.75) is 87.2 Å². The van der Waals surface area contributed by atoms with Crippen LogP contribution in [0.5, 0.6) is 0 Å². The van der Waals surface area contributed by atoms with Crippen LogP contribution in [-0.4, -0.2) is 134 Å². The van der Waals surface area contributed by atoms with Gasteiger partial charge in [-0.05, 0) is 19.3 Å². The summed E-state index contributed by atoms with van der Waals surface area (Å²) >= 11 is 25.2. The Morgan fingerprint density at radius 3 is 1.36 bits per heavy atom. The summed E-state index contributed by atoms with van der Waals surface area (Å²) in [5.41, 5.74) is 19.5. The van der Waals surface area contributed by atoms with E-state index in [9.17, 15) is 28.8 Å². The van der Waals surface area contributed by atoms with Crippen LogP contribution < -0.4 is 17.2 Å². The molecule has 6 heterocycles. The van der Waals surface area contributed by atoms with Crippen LogP contribution in [0.15, 0.2) is 19.0 Å². The molecule has 0 aliphatic carbocycles. The molecule has 0 spiro atoms. The number of nitrogens with zero attached hydrogens (tertiary/aromatic N) is 11. The molecule has 0 saturated carbocycles. The van der Waals surface area contributed by atoms with Gasteiger partial charge in [0.25, 0.3) is 0 Å². The van der Waals surface area contributed by atoms with Crippen molar-refractivity contribution >= 4 is 182 Å². The van der Waals surface area contributed by atoms with E-state index >= 15 is 0 Å². The second-order valence-corrected chi connectivity index (χ2v) is 52.4. The van der Waals surface area contributed by atoms with Crippen LogP contribution in [0.1, 0.15) is 74.1 Å². The van der Waals surface area contributed by atoms with Gasteiger partial charge in [0, 0.05) is 72.4 Å². The summed E-state index contributed by atoms with van der Waals surface area (Å²) in [5.74, 6) is -2.07. The van der Waals surface area contributed by atoms with Crippen molar-refractivity contribution in [2.75, 3.05) is 56.8 Å². The number of anilines is 3. The molecule has 77 heavy (non-hydrogen) atoms. The SMILES string of the molecule is CC(=O)OCC(CCn1cnc2c(Cl)nc(N)nc21)COC(C)=O.CC(=O)OCC(CCn1cnc2nc(N)nc(Cl)c21)COC(C)=O.CCCC(COC(C)=O)COC(C)=O.Nc1nc(Cl)c2[nH]cnc2n1.[I][V]([I])[I]. The van der Waals surface area contributed by atoms with E-state index in [1.165, 1.54) is 47.9 Å². The van der Waals surface area contributed by atoms with Gasteiger partial charge < -0.3 is 59.7 Å². The summed E-state index contributed by atoms with van der Waals surface area (Å²) in [7, 11) is 0. The fraction of sp³-hybridized carbons (Fsp3) is 0.512. The number of aromatic amines is 1. The van der Waals surface area contributed by atoms with E-state index in [0.29, 0.717) is 77.8 Å². The number of esters is 6. The van der Waals surface area contributed by atoms with Crippen LogP contribution in [0, 0.1) is 17.8 Å². The van der Waals surface area contributed by atoms with Crippen molar-refractivity contribution in [3.8, 4) is 0 Å². The second-order valence-electron chi connectivity index (χ2n) is 15.9. The number of aryl methyl sites for hydroxylation is 2. The summed E-state index contributed by atoms with van der Waals surface area (Å²) in [6, 6.07) is 0. The number of hydrogen-bond donors (Lipinski definition) is 4. The third kappa shape index (κ3) is 28.3. The Bertz CT molecular complexity index is 2810. The molecule has 0 saturated heterocycles. The molecule has 7 N–H and O–H groups in total. The minimum absolute atomic E-state index is 0.0559. The average Bonchev–Trinajstić information content (AvgIpc) is 4.09. The molecule has 0 unspecified atom stereocenters. The normalized spacial score (nSPS) is 10.7. The van der Waals surface area contributed by atoms with E-state index in [-0.39, 0.29) is 113 Å². The first kappa shape index (κ1) is 68.6. The zero-order valence-corrected chi connectivity index (χ0v) is 52.9. The summed E-state index contributed by atoms with van der Waals surface area (Å²) in [6.07, 6.45) is 7.68. The van der Waals surface area contributed by atoms with E-state index in [2.05, 4.69) is 110 Å². The number of carbonyl (C=O) groups is 6. The topological polar surface area (TPSA) is 378 Å². The quantitative estimate of drug-likeness (QED) is 0.0255. The van der Waals surface area contributed by atoms with Crippen LogP contribution >= 0.6 is 94.7 Å². The van der Waals surface area contributed by atoms with Crippen molar-refractivity contribution in [1.82, 2.24) is 59.0 Å². The predicted octanol–water partition coefficient (Wildman–Crippen LogP) is 7.16. The number of imidazole rings is 3. The summed E-state index contributed by atoms with van der Waals surface area (Å²) in [5, 5.41) is 0.698. The molecule has 0 aliphatic rings. The summed E-state index contributed by atoms with van der Waals surface area (Å²) < 4.78 is 33.3. The van der Waals surface area contributed by atoms with Crippen LogP contribution in [-0.2, 0) is 75.2 Å². The van der Waals surface area contributed by atoms with Crippen molar-refractivity contribution in [3.05, 3.63) is 34.4 Å². The van der Waals surface area contributed by atoms with Gasteiger partial charge in [-0.15, -0.1) is 0 Å². The van der Waals surface area contributed by atoms with Crippen LogP contribution in [0.3, 0.4) is 0 Å². The number of rotatable bonds is 20. The molecule has 6 rings (SSSR count). The van der Waals surface area contributed by atoms with Gasteiger partial charge in [-0.1, -0.05) is 48.1 Å². The van der Waals surface area contributed by atoms with E-state index in [1.807, 2.05) is 6.92 Å². The molecule has 0 fully saturated rings. The van der Waals surface area contributed by atoms with Crippen LogP contribution in [0.25, 0.3) is 33.5 Å². The first-order valence-electron chi connectivity index (χ1n) is 22.8. The van der Waals surface area contributed by atoms with Crippen molar-refractivity contribution < 1.29 is 62.1 Å². The molecule has 6 aromatic heterocycles. The number of H-pyrrole nitrogens is 1. The average molecular weight is 1520 g/mol. The van der Waals surface area contributed by atoms with Crippen molar-refractivity contribution in [1.29, 1.82) is 0 Å². The fourth-order valence-electron chi connectivity index (χ4n) is 6.13. The fourth-order valence-corrected chi connectivity index (χ4v) is 6.86. The van der Waals surface area contributed by atoms with Gasteiger partial charge in [-0.25, -0.2) is 15.0 Å². The van der Waals surface area contributed by atoms with E-state index in [1.54, 1.807) is 21.8 Å². The Hall–Kier alpha value is -4.49. The Morgan fingerprint density at radius 1 is 0.545 bits per heavy atom. The first-order valence-corrected chi connectivity index (χ1v) is 37.4. The molecule has 27 nitrogen and oxygen atoms in total. The van der Waals surface area contributed by atoms with Gasteiger partial charge >= 0.3 is 101 Å². The third-order valence-electron chi connectivity index (χ3n) is 9.53. The number of nitrogens with two attached hydrogens (primary N) is 3. The number of nitrogens with one attached hydrogen (secondary N) is 1. The molecule has 34 heteroatoms. The molecule has 424 valence electrons. The molecular formula is C43H58Cl3I3N15O12V. The monoisotopic (exact) mass is 1510 g/mol. The van der Waals surface area contributed by atoms with E-state index < -0.39 is 0 Å². The molecular weight excluding hydrogens is 1460 g/mol. The first-order chi connectivity index (χ1) is 36.3. The molecule has 0 amide bonds. The van der Waals surface area contributed by atoms with Gasteiger partial charge in [0.2, 0.25) is 17.8 Å². The number of aromatic nitrogens is 12. The van der Waals surface area contributed by atoms with E-state index in [4.69, 9.17) is 80.4 Å². The molecule has 0 aliphatic heterocycles. The number of halogens is 6. The zero-order valence-electron chi connectivity index (χ0n) is 42.7. The molecule has 6 aromatic rings. The Kier molecular flexibility index (Phi) is 32.7. The minimum atomic E-state index is -0.386. The summed E-state index contributed by atoms with van der Waals surface area (Å²) in [4.78, 5) is 103. The Labute approximate surface area is 494 Å². The van der Waals surface area contributed by atoms with Crippen molar-refractivity contribution in [3.63, 3.8) is 0 Å². The van der Waals surface area contributed by atoms with Crippen LogP contribution in [0.2, 0.25) is 15.5 Å². The zero-order chi connectivity index (χ0) is 57.8. The molecule has 0 atom stereocenters. The third-order valence-corrected chi connectivity index (χ3v) is 10.3. The number of carbonyl (C=O) groups excluding carboxylic acids is 6. The number of nitrogen functional groups attached to an aromatic ring is 3. The maximum atomic E-state index is 11.0. The standard InChI is InChI=1S/2C14H18ClN5O4.C10H18O4.C5H4ClN5.3HI.V/c1-8(21)23-5-10(6-24-9(2)22)3-4-20-7-17-13-11(20)12(15)18-14(16)19-13;1-8(21)23-5-10(6-24-9(2)22)3-4-20-7-17-11-12(15)18-14(16)19-13(11)20;1-4-5-10(6-13-8(2)11)7-14-9(3)12;6-3-2-4(9-1-8-2)11-5(7)10-3;;;;/h2*7,10H,3-6H2,1-2H3,(H2,16,18,19);10H,4-7H2,1-3H3;1H,(H3,7,8,9,10,11);3*1H;/q;;;;;;;+3/p-3. The predicted molar refractivity (Wildman–Crippen MR) is 307 cm³/mol. The van der Waals surface area contributed by atoms with Crippen LogP contribution in [0.4, 0.5) is 17.8 Å². The van der Waals surface area contributed by atoms with Gasteiger partial charge in [0.1, 0.15) is 16.6 Å². The molecule has 0 radical (unpaired) electrons. The number of fused-ring (bicyclic) bond motifs is 3. The van der Waals surface area contributed by atoms with E-state index in [0.717, 1.165) is 12.8 Å². The van der Waals surface area contributed by atoms with Gasteiger partial charge in [-0.3, -0.25) is 28.8 Å².